The standard InChI is InChI=1S/C12H24N2/c1-11(12(2,3)4)14(5)10-8-6-7-9-13/h11H,6-8,10H2,1-5H3. The van der Waals surface area contributed by atoms with Gasteiger partial charge in [0.2, 0.25) is 0 Å². The molecule has 0 radical (unpaired) electrons. The minimum atomic E-state index is 0.337. The van der Waals surface area contributed by atoms with Gasteiger partial charge in [-0.1, -0.05) is 20.8 Å². The molecule has 82 valence electrons. The normalized spacial score (nSPS) is 14.1. The third-order valence-electron chi connectivity index (χ3n) is 2.96. The van der Waals surface area contributed by atoms with Gasteiger partial charge in [-0.05, 0) is 38.8 Å². The Morgan fingerprint density at radius 2 is 1.86 bits per heavy atom. The van der Waals surface area contributed by atoms with Gasteiger partial charge in [-0.3, -0.25) is 0 Å². The van der Waals surface area contributed by atoms with Crippen molar-refractivity contribution in [2.45, 2.75) is 53.0 Å². The van der Waals surface area contributed by atoms with Gasteiger partial charge < -0.3 is 4.90 Å². The van der Waals surface area contributed by atoms with Crippen LogP contribution in [0.5, 0.6) is 0 Å². The van der Waals surface area contributed by atoms with E-state index in [1.165, 1.54) is 0 Å². The molecule has 0 N–H and O–H groups in total. The highest BCUT2D eigenvalue weighted by atomic mass is 15.1. The fraction of sp³-hybridized carbons (Fsp3) is 0.917. The molecule has 0 spiro atoms. The van der Waals surface area contributed by atoms with E-state index in [4.69, 9.17) is 5.26 Å². The Labute approximate surface area is 88.9 Å². The van der Waals surface area contributed by atoms with E-state index in [0.717, 1.165) is 19.4 Å². The second-order valence-corrected chi connectivity index (χ2v) is 5.14. The van der Waals surface area contributed by atoms with Crippen LogP contribution >= 0.6 is 0 Å². The minimum Gasteiger partial charge on any atom is -0.303 e. The van der Waals surface area contributed by atoms with E-state index in [2.05, 4.69) is 45.7 Å². The third kappa shape index (κ3) is 5.24. The number of nitriles is 1. The molecule has 1 atom stereocenters. The van der Waals surface area contributed by atoms with Gasteiger partial charge in [-0.15, -0.1) is 0 Å². The summed E-state index contributed by atoms with van der Waals surface area (Å²) in [5.41, 5.74) is 0.337. The van der Waals surface area contributed by atoms with Crippen molar-refractivity contribution in [2.24, 2.45) is 5.41 Å². The van der Waals surface area contributed by atoms with Gasteiger partial charge in [0.25, 0.3) is 0 Å². The second-order valence-electron chi connectivity index (χ2n) is 5.14. The van der Waals surface area contributed by atoms with Crippen molar-refractivity contribution >= 4 is 0 Å². The van der Waals surface area contributed by atoms with Crippen LogP contribution < -0.4 is 0 Å². The molecule has 2 nitrogen and oxygen atoms in total. The Kier molecular flexibility index (Phi) is 5.79. The van der Waals surface area contributed by atoms with Crippen molar-refractivity contribution < 1.29 is 0 Å². The quantitative estimate of drug-likeness (QED) is 0.632. The highest BCUT2D eigenvalue weighted by Gasteiger charge is 2.23. The first-order valence-corrected chi connectivity index (χ1v) is 5.46. The molecule has 0 aromatic carbocycles. The summed E-state index contributed by atoms with van der Waals surface area (Å²) in [4.78, 5) is 2.39. The van der Waals surface area contributed by atoms with E-state index in [1.54, 1.807) is 0 Å². The van der Waals surface area contributed by atoms with E-state index in [1.807, 2.05) is 0 Å². The number of nitrogens with zero attached hydrogens (tertiary/aromatic N) is 2. The highest BCUT2D eigenvalue weighted by Crippen LogP contribution is 2.23. The SMILES string of the molecule is CC(N(C)CCCCC#N)C(C)(C)C. The molecule has 0 saturated heterocycles. The van der Waals surface area contributed by atoms with Crippen LogP contribution in [0.3, 0.4) is 0 Å². The van der Waals surface area contributed by atoms with Gasteiger partial charge in [-0.2, -0.15) is 5.26 Å². The van der Waals surface area contributed by atoms with Gasteiger partial charge in [0.05, 0.1) is 6.07 Å². The summed E-state index contributed by atoms with van der Waals surface area (Å²) in [7, 11) is 2.17. The number of unbranched alkanes of at least 4 members (excludes halogenated alkanes) is 2. The number of hydrogen-bond donors (Lipinski definition) is 0. The minimum absolute atomic E-state index is 0.337. The summed E-state index contributed by atoms with van der Waals surface area (Å²) >= 11 is 0. The van der Waals surface area contributed by atoms with Crippen molar-refractivity contribution in [1.29, 1.82) is 5.26 Å². The lowest BCUT2D eigenvalue weighted by atomic mass is 9.87. The summed E-state index contributed by atoms with van der Waals surface area (Å²) in [6.07, 6.45) is 2.85. The predicted molar refractivity (Wildman–Crippen MR) is 61.0 cm³/mol. The van der Waals surface area contributed by atoms with Gasteiger partial charge >= 0.3 is 0 Å². The van der Waals surface area contributed by atoms with E-state index in [-0.39, 0.29) is 0 Å². The summed E-state index contributed by atoms with van der Waals surface area (Å²) in [6.45, 7) is 10.2. The van der Waals surface area contributed by atoms with E-state index < -0.39 is 0 Å². The molecular weight excluding hydrogens is 172 g/mol. The van der Waals surface area contributed by atoms with Crippen LogP contribution in [-0.2, 0) is 0 Å². The molecule has 0 aliphatic carbocycles. The average molecular weight is 196 g/mol. The smallest absolute Gasteiger partial charge is 0.0621 e. The maximum absolute atomic E-state index is 8.41. The molecule has 0 fully saturated rings. The molecule has 1 unspecified atom stereocenters. The molecule has 0 aliphatic rings. The van der Waals surface area contributed by atoms with Gasteiger partial charge in [0, 0.05) is 12.5 Å². The zero-order valence-electron chi connectivity index (χ0n) is 10.3. The van der Waals surface area contributed by atoms with Crippen LogP contribution in [0, 0.1) is 16.7 Å². The Balaban J connectivity index is 3.74. The largest absolute Gasteiger partial charge is 0.303 e. The molecule has 0 aromatic heterocycles. The summed E-state index contributed by atoms with van der Waals surface area (Å²) < 4.78 is 0. The van der Waals surface area contributed by atoms with Crippen molar-refractivity contribution in [2.75, 3.05) is 13.6 Å². The molecule has 0 aromatic rings. The van der Waals surface area contributed by atoms with Crippen LogP contribution in [0.25, 0.3) is 0 Å². The molecule has 0 saturated carbocycles. The van der Waals surface area contributed by atoms with Gasteiger partial charge in [0.15, 0.2) is 0 Å². The molecule has 0 rings (SSSR count). The lowest BCUT2D eigenvalue weighted by Crippen LogP contribution is -2.39. The summed E-state index contributed by atoms with van der Waals surface area (Å²) in [5.74, 6) is 0. The topological polar surface area (TPSA) is 27.0 Å². The van der Waals surface area contributed by atoms with Crippen LogP contribution in [-0.4, -0.2) is 24.5 Å². The van der Waals surface area contributed by atoms with Crippen LogP contribution in [0.2, 0.25) is 0 Å². The molecule has 0 aliphatic heterocycles. The van der Waals surface area contributed by atoms with E-state index in [9.17, 15) is 0 Å². The molecule has 0 amide bonds. The monoisotopic (exact) mass is 196 g/mol. The second kappa shape index (κ2) is 6.03. The first kappa shape index (κ1) is 13.4. The Bertz CT molecular complexity index is 185. The molecule has 2 heteroatoms. The van der Waals surface area contributed by atoms with Gasteiger partial charge in [-0.25, -0.2) is 0 Å². The fourth-order valence-electron chi connectivity index (χ4n) is 1.42. The zero-order valence-corrected chi connectivity index (χ0v) is 10.3. The highest BCUT2D eigenvalue weighted by molar-refractivity contribution is 4.77. The summed E-state index contributed by atoms with van der Waals surface area (Å²) in [5, 5.41) is 8.41. The van der Waals surface area contributed by atoms with Crippen molar-refractivity contribution in [3.8, 4) is 6.07 Å². The zero-order chi connectivity index (χ0) is 11.2. The van der Waals surface area contributed by atoms with E-state index >= 15 is 0 Å². The van der Waals surface area contributed by atoms with E-state index in [0.29, 0.717) is 17.9 Å². The number of hydrogen-bond acceptors (Lipinski definition) is 2. The van der Waals surface area contributed by atoms with Crippen molar-refractivity contribution in [1.82, 2.24) is 4.90 Å². The lowest BCUT2D eigenvalue weighted by Gasteiger charge is -2.35. The lowest BCUT2D eigenvalue weighted by molar-refractivity contribution is 0.139. The molecule has 14 heavy (non-hydrogen) atoms. The maximum atomic E-state index is 8.41. The van der Waals surface area contributed by atoms with Crippen molar-refractivity contribution in [3.63, 3.8) is 0 Å². The van der Waals surface area contributed by atoms with Crippen LogP contribution in [0.15, 0.2) is 0 Å². The predicted octanol–water partition coefficient (Wildman–Crippen LogP) is 3.05. The Morgan fingerprint density at radius 3 is 2.29 bits per heavy atom. The van der Waals surface area contributed by atoms with Crippen LogP contribution in [0.4, 0.5) is 0 Å². The number of rotatable bonds is 5. The van der Waals surface area contributed by atoms with Crippen molar-refractivity contribution in [3.05, 3.63) is 0 Å². The Morgan fingerprint density at radius 1 is 1.29 bits per heavy atom. The summed E-state index contributed by atoms with van der Waals surface area (Å²) in [6, 6.07) is 2.77. The van der Waals surface area contributed by atoms with Gasteiger partial charge in [0.1, 0.15) is 0 Å². The fourth-order valence-corrected chi connectivity index (χ4v) is 1.42. The molecular formula is C12H24N2. The van der Waals surface area contributed by atoms with Crippen LogP contribution in [0.1, 0.15) is 47.0 Å². The molecule has 0 bridgehead atoms. The Hall–Kier alpha value is -0.550. The third-order valence-corrected chi connectivity index (χ3v) is 2.96. The molecule has 0 heterocycles. The first-order chi connectivity index (χ1) is 6.39. The first-order valence-electron chi connectivity index (χ1n) is 5.46. The maximum Gasteiger partial charge on any atom is 0.0621 e. The average Bonchev–Trinajstić information content (AvgIpc) is 2.09.